The van der Waals surface area contributed by atoms with E-state index in [0.29, 0.717) is 35.3 Å². The summed E-state index contributed by atoms with van der Waals surface area (Å²) in [6, 6.07) is 17.7. The van der Waals surface area contributed by atoms with E-state index in [-0.39, 0.29) is 0 Å². The molecule has 202 valence electrons. The van der Waals surface area contributed by atoms with Gasteiger partial charge in [-0.3, -0.25) is 5.43 Å². The van der Waals surface area contributed by atoms with Crippen LogP contribution in [0.2, 0.25) is 0 Å². The van der Waals surface area contributed by atoms with Crippen molar-refractivity contribution in [3.05, 3.63) is 71.9 Å². The molecule has 0 unspecified atom stereocenters. The Labute approximate surface area is 243 Å². The number of aromatic nitrogens is 2. The SMILES string of the molecule is ClCCN(CCCl)c1ccc(/C=N\Nc2nccc(N/N=C/c3ccc(N(CCCl)CCCl)cc3)n2)cc1. The van der Waals surface area contributed by atoms with Crippen molar-refractivity contribution in [3.8, 4) is 0 Å². The standard InChI is InChI=1S/C26H30Cl4N8/c27-10-15-37(16-11-28)23-5-1-21(2-6-23)19-32-35-25-9-14-31-26(34-25)36-33-20-22-3-7-24(8-4-22)38(17-12-29)18-13-30/h1-9,14,19-20H,10-13,15-18H2,(H2,31,34,35,36)/b32-19+,33-20-. The maximum atomic E-state index is 5.89. The van der Waals surface area contributed by atoms with E-state index in [2.05, 4.69) is 40.8 Å². The van der Waals surface area contributed by atoms with Crippen LogP contribution in [0, 0.1) is 0 Å². The lowest BCUT2D eigenvalue weighted by Gasteiger charge is -2.22. The van der Waals surface area contributed by atoms with Crippen molar-refractivity contribution in [1.82, 2.24) is 9.97 Å². The van der Waals surface area contributed by atoms with Crippen LogP contribution in [0.25, 0.3) is 0 Å². The molecule has 2 N–H and O–H groups in total. The van der Waals surface area contributed by atoms with Crippen molar-refractivity contribution < 1.29 is 0 Å². The van der Waals surface area contributed by atoms with Gasteiger partial charge in [0.2, 0.25) is 5.95 Å². The second-order valence-corrected chi connectivity index (χ2v) is 9.43. The number of halogens is 4. The minimum atomic E-state index is 0.344. The Hall–Kier alpha value is -2.78. The van der Waals surface area contributed by atoms with Gasteiger partial charge in [-0.1, -0.05) is 24.3 Å². The molecule has 0 atom stereocenters. The van der Waals surface area contributed by atoms with E-state index in [1.807, 2.05) is 48.5 Å². The summed E-state index contributed by atoms with van der Waals surface area (Å²) in [5.41, 5.74) is 9.76. The lowest BCUT2D eigenvalue weighted by Crippen LogP contribution is -2.27. The van der Waals surface area contributed by atoms with E-state index in [9.17, 15) is 0 Å². The third-order valence-electron chi connectivity index (χ3n) is 5.36. The molecule has 8 nitrogen and oxygen atoms in total. The summed E-state index contributed by atoms with van der Waals surface area (Å²) in [4.78, 5) is 12.8. The monoisotopic (exact) mass is 594 g/mol. The molecule has 3 aromatic rings. The van der Waals surface area contributed by atoms with Crippen LogP contribution in [0.3, 0.4) is 0 Å². The van der Waals surface area contributed by atoms with Gasteiger partial charge in [0.25, 0.3) is 0 Å². The minimum Gasteiger partial charge on any atom is -0.369 e. The Bertz CT molecular complexity index is 1040. The summed E-state index contributed by atoms with van der Waals surface area (Å²) >= 11 is 23.6. The summed E-state index contributed by atoms with van der Waals surface area (Å²) < 4.78 is 0. The van der Waals surface area contributed by atoms with E-state index >= 15 is 0 Å². The number of anilines is 4. The molecule has 2 aromatic carbocycles. The topological polar surface area (TPSA) is 81.0 Å². The first-order chi connectivity index (χ1) is 18.7. The van der Waals surface area contributed by atoms with E-state index in [4.69, 9.17) is 46.4 Å². The molecular weight excluding hydrogens is 566 g/mol. The molecule has 3 rings (SSSR count). The Morgan fingerprint density at radius 3 is 1.53 bits per heavy atom. The summed E-state index contributed by atoms with van der Waals surface area (Å²) in [5, 5.41) is 8.50. The fourth-order valence-corrected chi connectivity index (χ4v) is 4.32. The Balaban J connectivity index is 1.52. The van der Waals surface area contributed by atoms with Crippen LogP contribution < -0.4 is 20.7 Å². The van der Waals surface area contributed by atoms with Crippen molar-refractivity contribution in [2.75, 3.05) is 70.4 Å². The molecule has 1 heterocycles. The molecule has 38 heavy (non-hydrogen) atoms. The highest BCUT2D eigenvalue weighted by molar-refractivity contribution is 6.19. The maximum Gasteiger partial charge on any atom is 0.245 e. The number of rotatable bonds is 16. The Kier molecular flexibility index (Phi) is 13.3. The van der Waals surface area contributed by atoms with Crippen LogP contribution in [0.1, 0.15) is 11.1 Å². The minimum absolute atomic E-state index is 0.344. The van der Waals surface area contributed by atoms with E-state index in [1.165, 1.54) is 0 Å². The zero-order valence-corrected chi connectivity index (χ0v) is 23.8. The molecule has 0 saturated carbocycles. The lowest BCUT2D eigenvalue weighted by atomic mass is 10.2. The van der Waals surface area contributed by atoms with Gasteiger partial charge in [0.05, 0.1) is 12.4 Å². The molecular formula is C26H30Cl4N8. The third-order valence-corrected chi connectivity index (χ3v) is 6.04. The van der Waals surface area contributed by atoms with Crippen molar-refractivity contribution in [1.29, 1.82) is 0 Å². The molecule has 1 aromatic heterocycles. The van der Waals surface area contributed by atoms with Crippen molar-refractivity contribution in [3.63, 3.8) is 0 Å². The van der Waals surface area contributed by atoms with Gasteiger partial charge in [0, 0.05) is 73.3 Å². The molecule has 0 aliphatic rings. The summed E-state index contributed by atoms with van der Waals surface area (Å²) in [6.07, 6.45) is 5.04. The Morgan fingerprint density at radius 2 is 1.08 bits per heavy atom. The zero-order valence-electron chi connectivity index (χ0n) is 20.8. The smallest absolute Gasteiger partial charge is 0.245 e. The van der Waals surface area contributed by atoms with Crippen LogP contribution >= 0.6 is 46.4 Å². The molecule has 0 amide bonds. The number of benzene rings is 2. The number of nitrogens with zero attached hydrogens (tertiary/aromatic N) is 6. The van der Waals surface area contributed by atoms with Crippen molar-refractivity contribution in [2.24, 2.45) is 10.2 Å². The van der Waals surface area contributed by atoms with Crippen molar-refractivity contribution >= 4 is 82.0 Å². The van der Waals surface area contributed by atoms with Gasteiger partial charge in [-0.2, -0.15) is 15.2 Å². The van der Waals surface area contributed by atoms with Gasteiger partial charge in [-0.25, -0.2) is 10.4 Å². The van der Waals surface area contributed by atoms with Crippen LogP contribution in [-0.2, 0) is 0 Å². The quantitative estimate of drug-likeness (QED) is 0.121. The van der Waals surface area contributed by atoms with Gasteiger partial charge < -0.3 is 9.80 Å². The van der Waals surface area contributed by atoms with Crippen LogP contribution in [0.5, 0.6) is 0 Å². The molecule has 0 radical (unpaired) electrons. The second-order valence-electron chi connectivity index (χ2n) is 7.92. The van der Waals surface area contributed by atoms with Gasteiger partial charge in [-0.15, -0.1) is 46.4 Å². The molecule has 0 bridgehead atoms. The second kappa shape index (κ2) is 16.9. The molecule has 0 spiro atoms. The van der Waals surface area contributed by atoms with E-state index in [1.54, 1.807) is 24.7 Å². The predicted octanol–water partition coefficient (Wildman–Crippen LogP) is 5.94. The van der Waals surface area contributed by atoms with Crippen molar-refractivity contribution in [2.45, 2.75) is 0 Å². The lowest BCUT2D eigenvalue weighted by molar-refractivity contribution is 0.874. The first-order valence-electron chi connectivity index (χ1n) is 12.0. The zero-order chi connectivity index (χ0) is 27.0. The molecule has 12 heteroatoms. The number of hydrogen-bond donors (Lipinski definition) is 2. The fraction of sp³-hybridized carbons (Fsp3) is 0.308. The summed E-state index contributed by atoms with van der Waals surface area (Å²) in [5.74, 6) is 3.05. The van der Waals surface area contributed by atoms with E-state index in [0.717, 1.165) is 48.7 Å². The van der Waals surface area contributed by atoms with Gasteiger partial charge in [-0.05, 0) is 35.4 Å². The van der Waals surface area contributed by atoms with Crippen LogP contribution in [0.4, 0.5) is 23.1 Å². The maximum absolute atomic E-state index is 5.89. The Morgan fingerprint density at radius 1 is 0.632 bits per heavy atom. The third kappa shape index (κ3) is 9.83. The number of hydrogen-bond acceptors (Lipinski definition) is 8. The average molecular weight is 596 g/mol. The van der Waals surface area contributed by atoms with Crippen LogP contribution in [0.15, 0.2) is 71.0 Å². The number of nitrogens with one attached hydrogen (secondary N) is 2. The van der Waals surface area contributed by atoms with Crippen LogP contribution in [-0.4, -0.2) is 72.1 Å². The highest BCUT2D eigenvalue weighted by atomic mass is 35.5. The number of alkyl halides is 4. The molecule has 0 saturated heterocycles. The largest absolute Gasteiger partial charge is 0.369 e. The summed E-state index contributed by atoms with van der Waals surface area (Å²) in [7, 11) is 0. The molecule has 0 aliphatic carbocycles. The first-order valence-corrected chi connectivity index (χ1v) is 14.2. The molecule has 0 aliphatic heterocycles. The average Bonchev–Trinajstić information content (AvgIpc) is 2.94. The number of hydrazone groups is 2. The van der Waals surface area contributed by atoms with Gasteiger partial charge in [0.1, 0.15) is 0 Å². The first kappa shape index (κ1) is 29.8. The van der Waals surface area contributed by atoms with Gasteiger partial charge in [0.15, 0.2) is 5.82 Å². The highest BCUT2D eigenvalue weighted by Gasteiger charge is 2.06. The predicted molar refractivity (Wildman–Crippen MR) is 165 cm³/mol. The summed E-state index contributed by atoms with van der Waals surface area (Å²) in [6.45, 7) is 2.97. The fourth-order valence-electron chi connectivity index (χ4n) is 3.50. The van der Waals surface area contributed by atoms with E-state index < -0.39 is 0 Å². The normalized spacial score (nSPS) is 11.3. The molecule has 0 fully saturated rings. The highest BCUT2D eigenvalue weighted by Crippen LogP contribution is 2.16. The van der Waals surface area contributed by atoms with Gasteiger partial charge >= 0.3 is 0 Å².